The molecule has 162 valence electrons. The SMILES string of the molecule is COc1cc(/C=C2\N=C(c3ccccc3Cl)OC2=O)cc(Br)c1OCc1ccccc1Br. The van der Waals surface area contributed by atoms with Crippen LogP contribution in [0.5, 0.6) is 11.5 Å². The Labute approximate surface area is 206 Å². The molecular formula is C24H16Br2ClNO4. The van der Waals surface area contributed by atoms with Gasteiger partial charge in [-0.2, -0.15) is 0 Å². The summed E-state index contributed by atoms with van der Waals surface area (Å²) in [6.45, 7) is 0.356. The second-order valence-electron chi connectivity index (χ2n) is 6.73. The molecule has 0 atom stereocenters. The number of nitrogens with zero attached hydrogens (tertiary/aromatic N) is 1. The minimum Gasteiger partial charge on any atom is -0.493 e. The molecule has 0 unspecified atom stereocenters. The van der Waals surface area contributed by atoms with E-state index < -0.39 is 5.97 Å². The van der Waals surface area contributed by atoms with Gasteiger partial charge in [-0.25, -0.2) is 9.79 Å². The zero-order valence-electron chi connectivity index (χ0n) is 16.8. The topological polar surface area (TPSA) is 57.1 Å². The molecule has 0 aromatic heterocycles. The first kappa shape index (κ1) is 22.6. The van der Waals surface area contributed by atoms with E-state index in [4.69, 9.17) is 25.8 Å². The highest BCUT2D eigenvalue weighted by molar-refractivity contribution is 9.10. The fourth-order valence-electron chi connectivity index (χ4n) is 3.05. The normalized spacial score (nSPS) is 14.3. The van der Waals surface area contributed by atoms with Crippen LogP contribution in [0, 0.1) is 0 Å². The lowest BCUT2D eigenvalue weighted by molar-refractivity contribution is -0.129. The zero-order valence-corrected chi connectivity index (χ0v) is 20.7. The van der Waals surface area contributed by atoms with Gasteiger partial charge in [-0.3, -0.25) is 0 Å². The third-order valence-corrected chi connectivity index (χ3v) is 6.30. The number of cyclic esters (lactones) is 1. The second kappa shape index (κ2) is 9.90. The van der Waals surface area contributed by atoms with Crippen LogP contribution >= 0.6 is 43.5 Å². The van der Waals surface area contributed by atoms with Crippen LogP contribution in [0.15, 0.2) is 80.3 Å². The summed E-state index contributed by atoms with van der Waals surface area (Å²) < 4.78 is 18.5. The van der Waals surface area contributed by atoms with E-state index in [-0.39, 0.29) is 11.6 Å². The number of hydrogen-bond acceptors (Lipinski definition) is 5. The van der Waals surface area contributed by atoms with Crippen molar-refractivity contribution in [2.75, 3.05) is 7.11 Å². The lowest BCUT2D eigenvalue weighted by Gasteiger charge is -2.14. The molecule has 0 bridgehead atoms. The fourth-order valence-corrected chi connectivity index (χ4v) is 4.24. The van der Waals surface area contributed by atoms with Crippen molar-refractivity contribution < 1.29 is 19.0 Å². The molecule has 8 heteroatoms. The van der Waals surface area contributed by atoms with Gasteiger partial charge in [-0.05, 0) is 57.9 Å². The van der Waals surface area contributed by atoms with Crippen LogP contribution in [-0.4, -0.2) is 19.0 Å². The molecule has 5 nitrogen and oxygen atoms in total. The van der Waals surface area contributed by atoms with Crippen LogP contribution in [0.2, 0.25) is 5.02 Å². The van der Waals surface area contributed by atoms with Crippen molar-refractivity contribution in [1.29, 1.82) is 0 Å². The monoisotopic (exact) mass is 575 g/mol. The predicted molar refractivity (Wildman–Crippen MR) is 131 cm³/mol. The molecule has 1 aliphatic heterocycles. The van der Waals surface area contributed by atoms with Crippen molar-refractivity contribution in [3.63, 3.8) is 0 Å². The number of hydrogen-bond donors (Lipinski definition) is 0. The van der Waals surface area contributed by atoms with Gasteiger partial charge in [-0.1, -0.05) is 57.9 Å². The van der Waals surface area contributed by atoms with Crippen molar-refractivity contribution in [3.05, 3.63) is 97.0 Å². The number of carbonyl (C=O) groups is 1. The van der Waals surface area contributed by atoms with Gasteiger partial charge >= 0.3 is 5.97 Å². The Kier molecular flexibility index (Phi) is 6.98. The Bertz CT molecular complexity index is 1260. The van der Waals surface area contributed by atoms with Gasteiger partial charge in [-0.15, -0.1) is 0 Å². The van der Waals surface area contributed by atoms with Gasteiger partial charge in [0.1, 0.15) is 6.61 Å². The average molecular weight is 578 g/mol. The summed E-state index contributed by atoms with van der Waals surface area (Å²) in [6, 6.07) is 18.5. The molecule has 0 radical (unpaired) electrons. The number of rotatable bonds is 6. The lowest BCUT2D eigenvalue weighted by Crippen LogP contribution is -2.05. The Morgan fingerprint density at radius 3 is 2.56 bits per heavy atom. The summed E-state index contributed by atoms with van der Waals surface area (Å²) in [6.07, 6.45) is 1.62. The summed E-state index contributed by atoms with van der Waals surface area (Å²) in [5.41, 5.74) is 2.41. The third-order valence-electron chi connectivity index (χ3n) is 4.61. The molecule has 3 aromatic carbocycles. The van der Waals surface area contributed by atoms with Crippen molar-refractivity contribution in [1.82, 2.24) is 0 Å². The van der Waals surface area contributed by atoms with Crippen LogP contribution in [-0.2, 0) is 16.1 Å². The Morgan fingerprint density at radius 2 is 1.81 bits per heavy atom. The van der Waals surface area contributed by atoms with E-state index in [1.165, 1.54) is 0 Å². The molecule has 0 aliphatic carbocycles. The van der Waals surface area contributed by atoms with E-state index in [2.05, 4.69) is 36.9 Å². The number of esters is 1. The summed E-state index contributed by atoms with van der Waals surface area (Å²) in [4.78, 5) is 16.7. The van der Waals surface area contributed by atoms with E-state index in [0.29, 0.717) is 38.7 Å². The molecule has 1 aliphatic rings. The molecular weight excluding hydrogens is 562 g/mol. The van der Waals surface area contributed by atoms with Crippen LogP contribution < -0.4 is 9.47 Å². The van der Waals surface area contributed by atoms with Gasteiger partial charge in [0.25, 0.3) is 0 Å². The molecule has 0 fully saturated rings. The molecule has 0 amide bonds. The Balaban J connectivity index is 1.61. The zero-order chi connectivity index (χ0) is 22.7. The summed E-state index contributed by atoms with van der Waals surface area (Å²) in [5, 5.41) is 0.455. The number of carbonyl (C=O) groups excluding carboxylic acids is 1. The molecule has 0 spiro atoms. The maximum atomic E-state index is 12.4. The second-order valence-corrected chi connectivity index (χ2v) is 8.85. The molecule has 0 saturated carbocycles. The maximum Gasteiger partial charge on any atom is 0.363 e. The molecule has 0 saturated heterocycles. The quantitative estimate of drug-likeness (QED) is 0.239. The van der Waals surface area contributed by atoms with Crippen LogP contribution in [0.4, 0.5) is 0 Å². The summed E-state index contributed by atoms with van der Waals surface area (Å²) in [7, 11) is 1.56. The van der Waals surface area contributed by atoms with Crippen molar-refractivity contribution in [2.45, 2.75) is 6.61 Å². The molecule has 4 rings (SSSR count). The van der Waals surface area contributed by atoms with Gasteiger partial charge in [0.15, 0.2) is 17.2 Å². The Morgan fingerprint density at radius 1 is 1.06 bits per heavy atom. The number of methoxy groups -OCH3 is 1. The van der Waals surface area contributed by atoms with Crippen molar-refractivity contribution in [3.8, 4) is 11.5 Å². The van der Waals surface area contributed by atoms with E-state index in [0.717, 1.165) is 10.0 Å². The average Bonchev–Trinajstić information content (AvgIpc) is 3.14. The van der Waals surface area contributed by atoms with Crippen molar-refractivity contribution >= 4 is 61.4 Å². The fraction of sp³-hybridized carbons (Fsp3) is 0.0833. The standard InChI is InChI=1S/C24H16Br2ClNO4/c1-30-21-12-14(10-18(26)22(21)31-13-15-6-2-4-8-17(15)25)11-20-24(29)32-23(28-20)16-7-3-5-9-19(16)27/h2-12H,13H2,1H3/b20-11-. The third kappa shape index (κ3) is 4.90. The van der Waals surface area contributed by atoms with E-state index in [1.54, 1.807) is 43.5 Å². The highest BCUT2D eigenvalue weighted by atomic mass is 79.9. The lowest BCUT2D eigenvalue weighted by atomic mass is 10.1. The summed E-state index contributed by atoms with van der Waals surface area (Å²) in [5.74, 6) is 0.690. The van der Waals surface area contributed by atoms with Crippen molar-refractivity contribution in [2.24, 2.45) is 4.99 Å². The number of aliphatic imine (C=N–C) groups is 1. The van der Waals surface area contributed by atoms with E-state index in [9.17, 15) is 4.79 Å². The Hall–Kier alpha value is -2.61. The van der Waals surface area contributed by atoms with Crippen LogP contribution in [0.1, 0.15) is 16.7 Å². The molecule has 1 heterocycles. The minimum atomic E-state index is -0.552. The first-order valence-electron chi connectivity index (χ1n) is 9.47. The smallest absolute Gasteiger partial charge is 0.363 e. The largest absolute Gasteiger partial charge is 0.493 e. The highest BCUT2D eigenvalue weighted by Crippen LogP contribution is 2.38. The first-order valence-corrected chi connectivity index (χ1v) is 11.4. The number of halogens is 3. The molecule has 0 N–H and O–H groups in total. The van der Waals surface area contributed by atoms with Gasteiger partial charge in [0.2, 0.25) is 5.90 Å². The van der Waals surface area contributed by atoms with Gasteiger partial charge in [0, 0.05) is 10.0 Å². The van der Waals surface area contributed by atoms with Gasteiger partial charge < -0.3 is 14.2 Å². The maximum absolute atomic E-state index is 12.4. The molecule has 3 aromatic rings. The highest BCUT2D eigenvalue weighted by Gasteiger charge is 2.25. The number of benzene rings is 3. The number of ether oxygens (including phenoxy) is 3. The van der Waals surface area contributed by atoms with Crippen LogP contribution in [0.25, 0.3) is 6.08 Å². The van der Waals surface area contributed by atoms with E-state index in [1.807, 2.05) is 30.3 Å². The van der Waals surface area contributed by atoms with Crippen LogP contribution in [0.3, 0.4) is 0 Å². The van der Waals surface area contributed by atoms with E-state index >= 15 is 0 Å². The molecule has 32 heavy (non-hydrogen) atoms. The summed E-state index contributed by atoms with van der Waals surface area (Å²) >= 11 is 13.2. The first-order chi connectivity index (χ1) is 15.5. The predicted octanol–water partition coefficient (Wildman–Crippen LogP) is 6.80. The minimum absolute atomic E-state index is 0.163. The van der Waals surface area contributed by atoms with Gasteiger partial charge in [0.05, 0.1) is 22.2 Å².